The van der Waals surface area contributed by atoms with Crippen molar-refractivity contribution in [3.63, 3.8) is 0 Å². The summed E-state index contributed by atoms with van der Waals surface area (Å²) >= 11 is 0. The number of carbonyl (C=O) groups is 1. The van der Waals surface area contributed by atoms with E-state index in [1.165, 1.54) is 24.3 Å². The maximum atomic E-state index is 13.8. The first-order chi connectivity index (χ1) is 17.4. The topological polar surface area (TPSA) is 121 Å². The predicted octanol–water partition coefficient (Wildman–Crippen LogP) is 5.98. The Morgan fingerprint density at radius 2 is 1.08 bits per heavy atom. The van der Waals surface area contributed by atoms with Crippen molar-refractivity contribution >= 4 is 39.4 Å². The zero-order valence-corrected chi connectivity index (χ0v) is 18.5. The molecule has 0 fully saturated rings. The van der Waals surface area contributed by atoms with Crippen molar-refractivity contribution in [3.05, 3.63) is 95.6 Å². The van der Waals surface area contributed by atoms with Crippen LogP contribution in [0.4, 0.5) is 20.2 Å². The molecule has 0 spiro atoms. The van der Waals surface area contributed by atoms with E-state index in [4.69, 9.17) is 20.3 Å². The summed E-state index contributed by atoms with van der Waals surface area (Å²) in [4.78, 5) is 21.9. The minimum Gasteiger partial charge on any atom is -0.436 e. The molecule has 9 heteroatoms. The maximum absolute atomic E-state index is 13.8. The lowest BCUT2D eigenvalue weighted by Gasteiger charge is -2.01. The molecular formula is C27H16F2N4O3. The summed E-state index contributed by atoms with van der Waals surface area (Å²) in [5, 5.41) is 0. The lowest BCUT2D eigenvalue weighted by Crippen LogP contribution is -2.00. The molecule has 4 aromatic carbocycles. The van der Waals surface area contributed by atoms with Crippen molar-refractivity contribution < 1.29 is 22.4 Å². The molecular weight excluding hydrogens is 466 g/mol. The summed E-state index contributed by atoms with van der Waals surface area (Å²) in [5.41, 5.74) is 14.5. The number of oxazole rings is 2. The lowest BCUT2D eigenvalue weighted by atomic mass is 10.0. The zero-order valence-electron chi connectivity index (χ0n) is 18.5. The first-order valence-corrected chi connectivity index (χ1v) is 10.8. The average molecular weight is 482 g/mol. The van der Waals surface area contributed by atoms with Crippen LogP contribution in [-0.2, 0) is 0 Å². The van der Waals surface area contributed by atoms with E-state index < -0.39 is 11.6 Å². The van der Waals surface area contributed by atoms with Crippen LogP contribution in [0.1, 0.15) is 15.9 Å². The van der Waals surface area contributed by atoms with E-state index >= 15 is 0 Å². The summed E-state index contributed by atoms with van der Waals surface area (Å²) in [6, 6.07) is 18.3. The highest BCUT2D eigenvalue weighted by Crippen LogP contribution is 2.29. The highest BCUT2D eigenvalue weighted by Gasteiger charge is 2.17. The Labute approximate surface area is 202 Å². The van der Waals surface area contributed by atoms with Crippen LogP contribution in [0.25, 0.3) is 45.1 Å². The van der Waals surface area contributed by atoms with Gasteiger partial charge in [0, 0.05) is 22.3 Å². The van der Waals surface area contributed by atoms with Gasteiger partial charge in [0.05, 0.1) is 11.4 Å². The Morgan fingerprint density at radius 1 is 0.639 bits per heavy atom. The highest BCUT2D eigenvalue weighted by atomic mass is 19.1. The number of ketones is 1. The summed E-state index contributed by atoms with van der Waals surface area (Å²) < 4.78 is 39.3. The molecule has 0 bridgehead atoms. The van der Waals surface area contributed by atoms with E-state index in [-0.39, 0.29) is 28.9 Å². The maximum Gasteiger partial charge on any atom is 0.227 e. The summed E-state index contributed by atoms with van der Waals surface area (Å²) in [7, 11) is 0. The van der Waals surface area contributed by atoms with Crippen LogP contribution in [0, 0.1) is 11.6 Å². The highest BCUT2D eigenvalue weighted by molar-refractivity contribution is 6.11. The molecule has 7 nitrogen and oxygen atoms in total. The van der Waals surface area contributed by atoms with Crippen molar-refractivity contribution in [1.82, 2.24) is 9.97 Å². The summed E-state index contributed by atoms with van der Waals surface area (Å²) in [6.45, 7) is 0. The zero-order chi connectivity index (χ0) is 25.0. The molecule has 0 aliphatic rings. The number of hydrogen-bond acceptors (Lipinski definition) is 7. The standard InChI is InChI=1S/C27H16F2N4O3/c28-17-9-15(1-5-19(17)30)26-32-21-7-3-13(11-23(21)35-26)25(34)14-4-8-22-24(12-14)36-27(33-22)16-2-6-20(31)18(29)10-16/h1-12H,30-31H2. The number of carbonyl (C=O) groups excluding carboxylic acids is 1. The lowest BCUT2D eigenvalue weighted by molar-refractivity contribution is 0.103. The molecule has 2 aromatic heterocycles. The largest absolute Gasteiger partial charge is 0.436 e. The molecule has 4 N–H and O–H groups in total. The number of nitrogens with zero attached hydrogens (tertiary/aromatic N) is 2. The van der Waals surface area contributed by atoms with Gasteiger partial charge in [0.2, 0.25) is 11.8 Å². The van der Waals surface area contributed by atoms with Crippen LogP contribution in [0.15, 0.2) is 81.6 Å². The van der Waals surface area contributed by atoms with Gasteiger partial charge in [-0.3, -0.25) is 4.79 Å². The fraction of sp³-hybridized carbons (Fsp3) is 0. The molecule has 0 saturated carbocycles. The fourth-order valence-electron chi connectivity index (χ4n) is 3.87. The van der Waals surface area contributed by atoms with Crippen LogP contribution in [0.2, 0.25) is 0 Å². The average Bonchev–Trinajstić information content (AvgIpc) is 3.50. The first kappa shape index (κ1) is 21.5. The van der Waals surface area contributed by atoms with Crippen LogP contribution >= 0.6 is 0 Å². The third kappa shape index (κ3) is 3.63. The van der Waals surface area contributed by atoms with E-state index in [9.17, 15) is 13.6 Å². The van der Waals surface area contributed by atoms with Gasteiger partial charge in [0.1, 0.15) is 22.7 Å². The van der Waals surface area contributed by atoms with E-state index in [1.807, 2.05) is 0 Å². The molecule has 0 radical (unpaired) electrons. The Hall–Kier alpha value is -5.05. The quantitative estimate of drug-likeness (QED) is 0.234. The van der Waals surface area contributed by atoms with Crippen molar-refractivity contribution in [3.8, 4) is 22.9 Å². The fourth-order valence-corrected chi connectivity index (χ4v) is 3.87. The molecule has 0 saturated heterocycles. The van der Waals surface area contributed by atoms with Crippen LogP contribution in [0.5, 0.6) is 0 Å². The number of nitrogens with two attached hydrogens (primary N) is 2. The van der Waals surface area contributed by atoms with Crippen molar-refractivity contribution in [2.75, 3.05) is 11.5 Å². The van der Waals surface area contributed by atoms with Gasteiger partial charge in [0.15, 0.2) is 16.9 Å². The number of anilines is 2. The monoisotopic (exact) mass is 482 g/mol. The van der Waals surface area contributed by atoms with Crippen molar-refractivity contribution in [2.45, 2.75) is 0 Å². The van der Waals surface area contributed by atoms with Crippen molar-refractivity contribution in [2.24, 2.45) is 0 Å². The van der Waals surface area contributed by atoms with Gasteiger partial charge >= 0.3 is 0 Å². The van der Waals surface area contributed by atoms with Crippen LogP contribution in [-0.4, -0.2) is 15.8 Å². The first-order valence-electron chi connectivity index (χ1n) is 10.8. The van der Waals surface area contributed by atoms with Gasteiger partial charge in [0.25, 0.3) is 0 Å². The Balaban J connectivity index is 1.32. The van der Waals surface area contributed by atoms with Gasteiger partial charge in [-0.2, -0.15) is 0 Å². The second-order valence-electron chi connectivity index (χ2n) is 8.20. The second kappa shape index (κ2) is 8.02. The van der Waals surface area contributed by atoms with Crippen LogP contribution < -0.4 is 11.5 Å². The molecule has 0 atom stereocenters. The molecule has 6 aromatic rings. The van der Waals surface area contributed by atoms with E-state index in [0.717, 1.165) is 0 Å². The van der Waals surface area contributed by atoms with Gasteiger partial charge in [-0.05, 0) is 72.8 Å². The minimum absolute atomic E-state index is 0.0271. The molecule has 2 heterocycles. The molecule has 0 amide bonds. The van der Waals surface area contributed by atoms with E-state index in [2.05, 4.69) is 9.97 Å². The second-order valence-corrected chi connectivity index (χ2v) is 8.20. The van der Waals surface area contributed by atoms with E-state index in [1.54, 1.807) is 48.5 Å². The number of rotatable bonds is 4. The predicted molar refractivity (Wildman–Crippen MR) is 131 cm³/mol. The van der Waals surface area contributed by atoms with Gasteiger partial charge in [-0.15, -0.1) is 0 Å². The normalized spacial score (nSPS) is 11.4. The molecule has 0 aliphatic heterocycles. The molecule has 0 unspecified atom stereocenters. The summed E-state index contributed by atoms with van der Waals surface area (Å²) in [5.74, 6) is -0.991. The molecule has 0 aliphatic carbocycles. The number of aromatic nitrogens is 2. The van der Waals surface area contributed by atoms with Gasteiger partial charge in [-0.1, -0.05) is 0 Å². The number of benzene rings is 4. The van der Waals surface area contributed by atoms with Crippen LogP contribution in [0.3, 0.4) is 0 Å². The third-order valence-corrected chi connectivity index (χ3v) is 5.80. The van der Waals surface area contributed by atoms with Crippen molar-refractivity contribution in [1.29, 1.82) is 0 Å². The molecule has 36 heavy (non-hydrogen) atoms. The van der Waals surface area contributed by atoms with Gasteiger partial charge < -0.3 is 20.3 Å². The SMILES string of the molecule is Nc1ccc(-c2nc3ccc(C(=O)c4ccc5nc(-c6ccc(N)c(F)c6)oc5c4)cc3o2)cc1F. The Kier molecular flexibility index (Phi) is 4.78. The Morgan fingerprint density at radius 3 is 1.50 bits per heavy atom. The molecule has 6 rings (SSSR count). The summed E-state index contributed by atoms with van der Waals surface area (Å²) in [6.07, 6.45) is 0. The number of nitrogen functional groups attached to an aromatic ring is 2. The Bertz CT molecular complexity index is 1690. The van der Waals surface area contributed by atoms with Gasteiger partial charge in [-0.25, -0.2) is 18.7 Å². The number of halogens is 2. The smallest absolute Gasteiger partial charge is 0.227 e. The van der Waals surface area contributed by atoms with E-state index in [0.29, 0.717) is 44.5 Å². The minimum atomic E-state index is -0.571. The third-order valence-electron chi connectivity index (χ3n) is 5.80. The number of hydrogen-bond donors (Lipinski definition) is 2. The molecule has 176 valence electrons. The number of fused-ring (bicyclic) bond motifs is 2.